The first kappa shape index (κ1) is 25.1. The second kappa shape index (κ2) is 11.3. The number of fused-ring (bicyclic) bond motifs is 5. The minimum Gasteiger partial charge on any atom is -0.314 e. The highest BCUT2D eigenvalue weighted by Gasteiger charge is 2.30. The van der Waals surface area contributed by atoms with Crippen molar-refractivity contribution in [2.45, 2.75) is 32.7 Å². The third-order valence-electron chi connectivity index (χ3n) is 7.01. The number of rotatable bonds is 4. The van der Waals surface area contributed by atoms with E-state index in [2.05, 4.69) is 117 Å². The highest BCUT2D eigenvalue weighted by atomic mass is 15.4. The third-order valence-corrected chi connectivity index (χ3v) is 7.01. The monoisotopic (exact) mass is 522 g/mol. The van der Waals surface area contributed by atoms with E-state index in [1.807, 2.05) is 38.1 Å². The first-order valence-electron chi connectivity index (χ1n) is 13.5. The molecule has 6 nitrogen and oxygen atoms in total. The third kappa shape index (κ3) is 4.85. The number of anilines is 4. The fraction of sp³-hybridized carbons (Fsp3) is 0.147. The Balaban J connectivity index is 1.63. The van der Waals surface area contributed by atoms with E-state index in [-0.39, 0.29) is 6.04 Å². The van der Waals surface area contributed by atoms with Crippen molar-refractivity contribution in [1.82, 2.24) is 15.0 Å². The average Bonchev–Trinajstić information content (AvgIpc) is 3.24. The zero-order valence-corrected chi connectivity index (χ0v) is 22.6. The van der Waals surface area contributed by atoms with Crippen LogP contribution in [0.15, 0.2) is 138 Å². The molecule has 2 aromatic carbocycles. The second-order valence-electron chi connectivity index (χ2n) is 9.52. The molecule has 6 bridgehead atoms. The van der Waals surface area contributed by atoms with Crippen LogP contribution in [0.2, 0.25) is 0 Å². The fourth-order valence-corrected chi connectivity index (χ4v) is 5.28. The van der Waals surface area contributed by atoms with Gasteiger partial charge in [0.15, 0.2) is 0 Å². The maximum Gasteiger partial charge on any atom is 0.239 e. The van der Waals surface area contributed by atoms with Gasteiger partial charge in [0.05, 0.1) is 11.7 Å². The Morgan fingerprint density at radius 3 is 2.65 bits per heavy atom. The van der Waals surface area contributed by atoms with Crippen LogP contribution >= 0.6 is 0 Å². The molecule has 2 aliphatic carbocycles. The maximum absolute atomic E-state index is 5.07. The lowest BCUT2D eigenvalue weighted by atomic mass is 10.0. The van der Waals surface area contributed by atoms with Crippen LogP contribution < -0.4 is 14.7 Å². The van der Waals surface area contributed by atoms with Gasteiger partial charge in [0.25, 0.3) is 0 Å². The van der Waals surface area contributed by atoms with E-state index in [0.29, 0.717) is 11.9 Å². The maximum atomic E-state index is 5.07. The van der Waals surface area contributed by atoms with Gasteiger partial charge in [-0.25, -0.2) is 9.97 Å². The van der Waals surface area contributed by atoms with Crippen molar-refractivity contribution in [3.05, 3.63) is 151 Å². The molecule has 6 heteroatoms. The van der Waals surface area contributed by atoms with E-state index < -0.39 is 0 Å². The van der Waals surface area contributed by atoms with E-state index in [9.17, 15) is 0 Å². The Kier molecular flexibility index (Phi) is 7.11. The SMILES string of the molecule is CC=CC(=CC)N1c2ncnc(n2)N(c2cc#ccc2)C2=CCC=CC(=C2)N(c2ccccc2)C2=CC=CC1C2. The van der Waals surface area contributed by atoms with Crippen LogP contribution in [-0.2, 0) is 0 Å². The number of hydrogen-bond donors (Lipinski definition) is 0. The van der Waals surface area contributed by atoms with Crippen molar-refractivity contribution in [3.8, 4) is 0 Å². The molecule has 0 N–H and O–H groups in total. The van der Waals surface area contributed by atoms with Crippen molar-refractivity contribution in [1.29, 1.82) is 0 Å². The van der Waals surface area contributed by atoms with E-state index in [1.165, 1.54) is 5.70 Å². The molecule has 1 atom stereocenters. The average molecular weight is 523 g/mol. The summed E-state index contributed by atoms with van der Waals surface area (Å²) in [6.45, 7) is 4.07. The summed E-state index contributed by atoms with van der Waals surface area (Å²) in [5.74, 6) is 1.13. The van der Waals surface area contributed by atoms with Gasteiger partial charge in [-0.05, 0) is 68.8 Å². The lowest BCUT2D eigenvalue weighted by Gasteiger charge is -2.37. The summed E-state index contributed by atoms with van der Waals surface area (Å²) in [4.78, 5) is 21.1. The van der Waals surface area contributed by atoms with E-state index in [1.54, 1.807) is 6.33 Å². The molecular weight excluding hydrogens is 492 g/mol. The molecule has 1 aliphatic heterocycles. The molecule has 0 amide bonds. The highest BCUT2D eigenvalue weighted by Crippen LogP contribution is 2.37. The standard InChI is InChI=1S/C34H30N6/c1-3-14-26(4-2)39-32-22-13-21-30(24-32)38(27-15-7-5-8-16-27)29-19-11-12-20-31(23-29)40(28-17-9-6-10-18-28)34-36-25-35-33(39)37-34/h3-5,7-9,11,13-23,25,32H,12,24H2,1-2H3. The number of nitrogens with zero attached hydrogens (tertiary/aromatic N) is 6. The molecule has 0 saturated carbocycles. The summed E-state index contributed by atoms with van der Waals surface area (Å²) in [6, 6.07) is 22.4. The smallest absolute Gasteiger partial charge is 0.239 e. The summed E-state index contributed by atoms with van der Waals surface area (Å²) in [6.07, 6.45) is 24.8. The Labute approximate surface area is 236 Å². The summed E-state index contributed by atoms with van der Waals surface area (Å²) in [7, 11) is 0. The normalized spacial score (nSPS) is 18.8. The molecule has 1 aromatic heterocycles. The van der Waals surface area contributed by atoms with Crippen molar-refractivity contribution in [3.63, 3.8) is 0 Å². The Bertz CT molecular complexity index is 1580. The van der Waals surface area contributed by atoms with Gasteiger partial charge < -0.3 is 9.80 Å². The van der Waals surface area contributed by atoms with Crippen molar-refractivity contribution in [2.75, 3.05) is 14.7 Å². The Morgan fingerprint density at radius 2 is 1.85 bits per heavy atom. The molecule has 0 radical (unpaired) electrons. The van der Waals surface area contributed by atoms with Crippen LogP contribution in [0.3, 0.4) is 0 Å². The van der Waals surface area contributed by atoms with Gasteiger partial charge in [-0.1, -0.05) is 66.8 Å². The molecule has 1 unspecified atom stereocenters. The van der Waals surface area contributed by atoms with Crippen molar-refractivity contribution >= 4 is 23.3 Å². The summed E-state index contributed by atoms with van der Waals surface area (Å²) in [5.41, 5.74) is 6.23. The Hall–Kier alpha value is -5.15. The van der Waals surface area contributed by atoms with Crippen molar-refractivity contribution in [2.24, 2.45) is 0 Å². The summed E-state index contributed by atoms with van der Waals surface area (Å²) in [5, 5.41) is 0. The number of aromatic nitrogens is 3. The molecule has 0 fully saturated rings. The molecule has 2 heterocycles. The molecular formula is C34H30N6. The first-order chi connectivity index (χ1) is 19.8. The van der Waals surface area contributed by atoms with E-state index in [4.69, 9.17) is 9.97 Å². The van der Waals surface area contributed by atoms with Gasteiger partial charge in [-0.15, -0.1) is 0 Å². The quantitative estimate of drug-likeness (QED) is 0.334. The molecule has 40 heavy (non-hydrogen) atoms. The zero-order valence-electron chi connectivity index (χ0n) is 22.6. The highest BCUT2D eigenvalue weighted by molar-refractivity contribution is 5.70. The van der Waals surface area contributed by atoms with Crippen LogP contribution in [0.4, 0.5) is 23.3 Å². The molecule has 3 aliphatic rings. The van der Waals surface area contributed by atoms with Crippen LogP contribution in [-0.4, -0.2) is 21.0 Å². The van der Waals surface area contributed by atoms with Gasteiger partial charge in [0, 0.05) is 41.0 Å². The summed E-state index contributed by atoms with van der Waals surface area (Å²) < 4.78 is 0. The van der Waals surface area contributed by atoms with Gasteiger partial charge >= 0.3 is 0 Å². The number of para-hydroxylation sites is 1. The Morgan fingerprint density at radius 1 is 0.975 bits per heavy atom. The molecule has 6 rings (SSSR count). The zero-order chi connectivity index (χ0) is 27.3. The van der Waals surface area contributed by atoms with Gasteiger partial charge in [-0.2, -0.15) is 4.98 Å². The lowest BCUT2D eigenvalue weighted by molar-refractivity contribution is 0.701. The minimum absolute atomic E-state index is 0.0123. The van der Waals surface area contributed by atoms with Gasteiger partial charge in [-0.3, -0.25) is 4.90 Å². The lowest BCUT2D eigenvalue weighted by Crippen LogP contribution is -2.38. The summed E-state index contributed by atoms with van der Waals surface area (Å²) >= 11 is 0. The van der Waals surface area contributed by atoms with Crippen LogP contribution in [0.25, 0.3) is 0 Å². The first-order valence-corrected chi connectivity index (χ1v) is 13.5. The van der Waals surface area contributed by atoms with Crippen LogP contribution in [0, 0.1) is 12.1 Å². The molecule has 0 saturated heterocycles. The van der Waals surface area contributed by atoms with Crippen LogP contribution in [0.1, 0.15) is 26.7 Å². The predicted octanol–water partition coefficient (Wildman–Crippen LogP) is 7.36. The number of benzene rings is 1. The minimum atomic E-state index is -0.0123. The second-order valence-corrected chi connectivity index (χ2v) is 9.52. The molecule has 0 spiro atoms. The largest absolute Gasteiger partial charge is 0.314 e. The van der Waals surface area contributed by atoms with Gasteiger partial charge in [0.1, 0.15) is 6.33 Å². The van der Waals surface area contributed by atoms with E-state index in [0.717, 1.165) is 41.3 Å². The molecule has 196 valence electrons. The van der Waals surface area contributed by atoms with Crippen LogP contribution in [0.5, 0.6) is 0 Å². The predicted molar refractivity (Wildman–Crippen MR) is 162 cm³/mol. The molecule has 3 aromatic rings. The van der Waals surface area contributed by atoms with Gasteiger partial charge in [0.2, 0.25) is 11.9 Å². The fourth-order valence-electron chi connectivity index (χ4n) is 5.28. The van der Waals surface area contributed by atoms with Crippen molar-refractivity contribution < 1.29 is 0 Å². The number of hydrogen-bond acceptors (Lipinski definition) is 6. The van der Waals surface area contributed by atoms with E-state index >= 15 is 0 Å². The number of allylic oxidation sites excluding steroid dienone is 9. The topological polar surface area (TPSA) is 48.4 Å².